The highest BCUT2D eigenvalue weighted by atomic mass is 16.5. The smallest absolute Gasteiger partial charge is 0.132 e. The standard InChI is InChI=1S/C27H38N2O2/c1-7-28(8-2)26(22-14-18-24(30-5)19-15-22)12-11-13-27(29(9-3)10-4)23-16-20-25(31-6)21-17-23/h11-21,26H,7-10H2,1-6H3/p+1/b12-11+,27-13+. The number of benzene rings is 2. The van der Waals surface area contributed by atoms with Crippen LogP contribution in [0.2, 0.25) is 0 Å². The highest BCUT2D eigenvalue weighted by Crippen LogP contribution is 2.23. The monoisotopic (exact) mass is 423 g/mol. The third-order valence-electron chi connectivity index (χ3n) is 5.87. The van der Waals surface area contributed by atoms with Gasteiger partial charge in [0.1, 0.15) is 17.5 Å². The summed E-state index contributed by atoms with van der Waals surface area (Å²) in [6, 6.07) is 17.1. The summed E-state index contributed by atoms with van der Waals surface area (Å²) >= 11 is 0. The van der Waals surface area contributed by atoms with E-state index in [0.717, 1.165) is 37.7 Å². The van der Waals surface area contributed by atoms with Gasteiger partial charge < -0.3 is 19.3 Å². The van der Waals surface area contributed by atoms with Gasteiger partial charge in [-0.3, -0.25) is 0 Å². The highest BCUT2D eigenvalue weighted by molar-refractivity contribution is 5.66. The minimum atomic E-state index is 0.297. The summed E-state index contributed by atoms with van der Waals surface area (Å²) in [4.78, 5) is 3.92. The van der Waals surface area contributed by atoms with Gasteiger partial charge in [-0.1, -0.05) is 6.08 Å². The number of methoxy groups -OCH3 is 2. The Kier molecular flexibility index (Phi) is 10.2. The van der Waals surface area contributed by atoms with E-state index in [9.17, 15) is 0 Å². The summed E-state index contributed by atoms with van der Waals surface area (Å²) in [6.45, 7) is 13.0. The molecule has 1 unspecified atom stereocenters. The van der Waals surface area contributed by atoms with Gasteiger partial charge in [0.2, 0.25) is 0 Å². The minimum Gasteiger partial charge on any atom is -0.497 e. The van der Waals surface area contributed by atoms with Crippen molar-refractivity contribution in [3.63, 3.8) is 0 Å². The average Bonchev–Trinajstić information content (AvgIpc) is 2.83. The molecule has 0 aliphatic heterocycles. The summed E-state index contributed by atoms with van der Waals surface area (Å²) in [5.41, 5.74) is 3.73. The van der Waals surface area contributed by atoms with Gasteiger partial charge in [-0.05, 0) is 93.9 Å². The maximum atomic E-state index is 5.34. The van der Waals surface area contributed by atoms with Crippen molar-refractivity contribution in [2.45, 2.75) is 33.7 Å². The Morgan fingerprint density at radius 1 is 0.839 bits per heavy atom. The first-order chi connectivity index (χ1) is 15.1. The number of ether oxygens (including phenoxy) is 2. The molecule has 2 aromatic rings. The second-order valence-electron chi connectivity index (χ2n) is 7.45. The molecule has 2 rings (SSSR count). The van der Waals surface area contributed by atoms with Crippen molar-refractivity contribution in [3.05, 3.63) is 77.9 Å². The van der Waals surface area contributed by atoms with Gasteiger partial charge in [0.25, 0.3) is 0 Å². The first-order valence-electron chi connectivity index (χ1n) is 11.4. The van der Waals surface area contributed by atoms with Crippen LogP contribution in [0.5, 0.6) is 11.5 Å². The normalized spacial score (nSPS) is 12.9. The zero-order valence-corrected chi connectivity index (χ0v) is 20.0. The lowest BCUT2D eigenvalue weighted by atomic mass is 10.0. The van der Waals surface area contributed by atoms with Crippen molar-refractivity contribution in [1.29, 1.82) is 0 Å². The van der Waals surface area contributed by atoms with E-state index >= 15 is 0 Å². The van der Waals surface area contributed by atoms with Crippen LogP contribution in [0.25, 0.3) is 5.70 Å². The summed E-state index contributed by atoms with van der Waals surface area (Å²) in [6.07, 6.45) is 6.80. The van der Waals surface area contributed by atoms with Gasteiger partial charge in [-0.15, -0.1) is 0 Å². The van der Waals surface area contributed by atoms with Crippen molar-refractivity contribution in [2.24, 2.45) is 0 Å². The molecule has 0 spiro atoms. The predicted octanol–water partition coefficient (Wildman–Crippen LogP) is 4.61. The molecule has 0 aromatic heterocycles. The molecule has 0 saturated carbocycles. The Bertz CT molecular complexity index is 817. The molecule has 0 heterocycles. The second kappa shape index (κ2) is 12.9. The molecule has 1 atom stereocenters. The van der Waals surface area contributed by atoms with E-state index in [2.05, 4.69) is 75.1 Å². The molecule has 0 saturated heterocycles. The molecule has 168 valence electrons. The Hall–Kier alpha value is -2.72. The minimum absolute atomic E-state index is 0.297. The number of hydrogen-bond acceptors (Lipinski definition) is 3. The number of nitrogens with one attached hydrogen (secondary N) is 1. The summed E-state index contributed by atoms with van der Waals surface area (Å²) in [7, 11) is 3.41. The molecular formula is C27H39N2O2+. The van der Waals surface area contributed by atoms with Gasteiger partial charge >= 0.3 is 0 Å². The third-order valence-corrected chi connectivity index (χ3v) is 5.87. The van der Waals surface area contributed by atoms with E-state index in [4.69, 9.17) is 9.47 Å². The van der Waals surface area contributed by atoms with Crippen LogP contribution in [0.1, 0.15) is 44.9 Å². The highest BCUT2D eigenvalue weighted by Gasteiger charge is 2.18. The topological polar surface area (TPSA) is 26.1 Å². The largest absolute Gasteiger partial charge is 0.497 e. The van der Waals surface area contributed by atoms with Crippen molar-refractivity contribution in [1.82, 2.24) is 4.90 Å². The van der Waals surface area contributed by atoms with Crippen molar-refractivity contribution >= 4 is 5.70 Å². The maximum absolute atomic E-state index is 5.34. The number of quaternary nitrogens is 1. The number of hydrogen-bond donors (Lipinski definition) is 1. The number of nitrogens with zero attached hydrogens (tertiary/aromatic N) is 1. The van der Waals surface area contributed by atoms with Crippen molar-refractivity contribution < 1.29 is 14.4 Å². The molecular weight excluding hydrogens is 384 g/mol. The van der Waals surface area contributed by atoms with E-state index in [1.165, 1.54) is 21.7 Å². The van der Waals surface area contributed by atoms with Crippen LogP contribution in [0, 0.1) is 0 Å². The summed E-state index contributed by atoms with van der Waals surface area (Å²) in [5.74, 6) is 1.77. The van der Waals surface area contributed by atoms with Gasteiger partial charge in [0.05, 0.1) is 27.3 Å². The molecule has 0 bridgehead atoms. The Labute approximate surface area is 188 Å². The van der Waals surface area contributed by atoms with Gasteiger partial charge in [0.15, 0.2) is 0 Å². The molecule has 0 radical (unpaired) electrons. The third kappa shape index (κ3) is 6.63. The van der Waals surface area contributed by atoms with Crippen LogP contribution in [-0.4, -0.2) is 45.3 Å². The molecule has 4 nitrogen and oxygen atoms in total. The fourth-order valence-electron chi connectivity index (χ4n) is 3.95. The number of likely N-dealkylation sites (N-methyl/N-ethyl adjacent to an activating group) is 1. The lowest BCUT2D eigenvalue weighted by Gasteiger charge is -2.26. The van der Waals surface area contributed by atoms with E-state index in [1.54, 1.807) is 14.2 Å². The molecule has 0 aliphatic rings. The quantitative estimate of drug-likeness (QED) is 0.505. The van der Waals surface area contributed by atoms with Crippen molar-refractivity contribution in [2.75, 3.05) is 40.4 Å². The maximum Gasteiger partial charge on any atom is 0.132 e. The summed E-state index contributed by atoms with van der Waals surface area (Å²) in [5, 5.41) is 0. The van der Waals surface area contributed by atoms with Crippen LogP contribution in [0.4, 0.5) is 0 Å². The lowest BCUT2D eigenvalue weighted by molar-refractivity contribution is -0.921. The molecule has 4 heteroatoms. The van der Waals surface area contributed by atoms with Crippen LogP contribution in [0.3, 0.4) is 0 Å². The molecule has 2 aromatic carbocycles. The molecule has 0 fully saturated rings. The second-order valence-corrected chi connectivity index (χ2v) is 7.45. The predicted molar refractivity (Wildman–Crippen MR) is 131 cm³/mol. The number of allylic oxidation sites excluding steroid dienone is 2. The Morgan fingerprint density at radius 2 is 1.35 bits per heavy atom. The zero-order valence-electron chi connectivity index (χ0n) is 20.0. The Morgan fingerprint density at radius 3 is 1.81 bits per heavy atom. The molecule has 1 N–H and O–H groups in total. The fourth-order valence-corrected chi connectivity index (χ4v) is 3.95. The fraction of sp³-hybridized carbons (Fsp3) is 0.407. The van der Waals surface area contributed by atoms with E-state index in [-0.39, 0.29) is 0 Å². The Balaban J connectivity index is 2.39. The first kappa shape index (κ1) is 24.5. The lowest BCUT2D eigenvalue weighted by Crippen LogP contribution is -3.11. The van der Waals surface area contributed by atoms with Gasteiger partial charge in [-0.2, -0.15) is 0 Å². The van der Waals surface area contributed by atoms with Crippen molar-refractivity contribution in [3.8, 4) is 11.5 Å². The van der Waals surface area contributed by atoms with Crippen LogP contribution in [0.15, 0.2) is 66.8 Å². The van der Waals surface area contributed by atoms with E-state index < -0.39 is 0 Å². The van der Waals surface area contributed by atoms with Crippen LogP contribution < -0.4 is 14.4 Å². The van der Waals surface area contributed by atoms with E-state index in [1.807, 2.05) is 24.3 Å². The van der Waals surface area contributed by atoms with Gasteiger partial charge in [0, 0.05) is 24.4 Å². The summed E-state index contributed by atoms with van der Waals surface area (Å²) < 4.78 is 10.7. The number of rotatable bonds is 12. The first-order valence-corrected chi connectivity index (χ1v) is 11.4. The van der Waals surface area contributed by atoms with Gasteiger partial charge in [-0.25, -0.2) is 0 Å². The zero-order chi connectivity index (χ0) is 22.6. The van der Waals surface area contributed by atoms with Crippen LogP contribution >= 0.6 is 0 Å². The SMILES string of the molecule is CCN(CC)/C(=C/C=C/C(c1ccc(OC)cc1)[NH+](CC)CC)c1ccc(OC)cc1. The molecule has 31 heavy (non-hydrogen) atoms. The van der Waals surface area contributed by atoms with Crippen LogP contribution in [-0.2, 0) is 0 Å². The average molecular weight is 424 g/mol. The molecule has 0 aliphatic carbocycles. The molecule has 0 amide bonds. The van der Waals surface area contributed by atoms with E-state index in [0.29, 0.717) is 6.04 Å².